The standard InChI is InChI=1S/C24H28N6O3/c1-28-9-11-29(12-10-28)8-3-13-33-18-6-7-19-20(15-18)26-24(32)21-22(19)27-30(23(21)25)16-4-2-5-17(31)14-16/h2,4-7,14-15,31H,3,8-13,25H2,1H3,(H,26,32). The molecule has 1 fully saturated rings. The lowest BCUT2D eigenvalue weighted by molar-refractivity contribution is 0.145. The Hall–Kier alpha value is -3.56. The first-order valence-electron chi connectivity index (χ1n) is 11.2. The molecule has 0 radical (unpaired) electrons. The number of nitrogens with zero attached hydrogens (tertiary/aromatic N) is 4. The zero-order valence-electron chi connectivity index (χ0n) is 18.6. The first-order chi connectivity index (χ1) is 16.0. The summed E-state index contributed by atoms with van der Waals surface area (Å²) in [6.45, 7) is 6.05. The van der Waals surface area contributed by atoms with Gasteiger partial charge in [0.2, 0.25) is 0 Å². The molecular weight excluding hydrogens is 420 g/mol. The normalized spacial score (nSPS) is 15.4. The Bertz CT molecular complexity index is 1350. The van der Waals surface area contributed by atoms with E-state index in [1.165, 1.54) is 4.68 Å². The number of phenolic OH excluding ortho intramolecular Hbond substituents is 1. The Labute approximate surface area is 191 Å². The predicted octanol–water partition coefficient (Wildman–Crippen LogP) is 2.17. The van der Waals surface area contributed by atoms with Crippen LogP contribution in [0, 0.1) is 0 Å². The third-order valence-corrected chi connectivity index (χ3v) is 6.20. The van der Waals surface area contributed by atoms with Gasteiger partial charge in [0.1, 0.15) is 28.2 Å². The van der Waals surface area contributed by atoms with Gasteiger partial charge in [-0.25, -0.2) is 4.68 Å². The topological polar surface area (TPSA) is 113 Å². The van der Waals surface area contributed by atoms with Crippen LogP contribution >= 0.6 is 0 Å². The Morgan fingerprint density at radius 1 is 1.15 bits per heavy atom. The van der Waals surface area contributed by atoms with Crippen LogP contribution in [0.1, 0.15) is 6.42 Å². The molecule has 0 bridgehead atoms. The van der Waals surface area contributed by atoms with Crippen LogP contribution in [-0.2, 0) is 0 Å². The van der Waals surface area contributed by atoms with E-state index in [1.54, 1.807) is 24.3 Å². The van der Waals surface area contributed by atoms with Crippen LogP contribution in [0.3, 0.4) is 0 Å². The lowest BCUT2D eigenvalue weighted by Crippen LogP contribution is -2.44. The van der Waals surface area contributed by atoms with E-state index in [0.29, 0.717) is 34.5 Å². The lowest BCUT2D eigenvalue weighted by atomic mass is 10.1. The second-order valence-electron chi connectivity index (χ2n) is 8.55. The van der Waals surface area contributed by atoms with Gasteiger partial charge < -0.3 is 30.4 Å². The molecule has 2 aromatic heterocycles. The van der Waals surface area contributed by atoms with E-state index < -0.39 is 0 Å². The lowest BCUT2D eigenvalue weighted by Gasteiger charge is -2.32. The van der Waals surface area contributed by atoms with Crippen molar-refractivity contribution in [2.45, 2.75) is 6.42 Å². The molecule has 9 nitrogen and oxygen atoms in total. The highest BCUT2D eigenvalue weighted by Crippen LogP contribution is 2.29. The zero-order chi connectivity index (χ0) is 22.9. The number of aromatic hydroxyl groups is 1. The molecular formula is C24H28N6O3. The number of rotatable bonds is 6. The van der Waals surface area contributed by atoms with Crippen molar-refractivity contribution >= 4 is 27.6 Å². The van der Waals surface area contributed by atoms with Crippen LogP contribution in [0.15, 0.2) is 47.3 Å². The van der Waals surface area contributed by atoms with Crippen LogP contribution in [-0.4, -0.2) is 76.0 Å². The highest BCUT2D eigenvalue weighted by molar-refractivity contribution is 6.07. The molecule has 33 heavy (non-hydrogen) atoms. The maximum atomic E-state index is 12.8. The largest absolute Gasteiger partial charge is 0.508 e. The molecule has 0 unspecified atom stereocenters. The van der Waals surface area contributed by atoms with E-state index >= 15 is 0 Å². The Morgan fingerprint density at radius 3 is 2.76 bits per heavy atom. The quantitative estimate of drug-likeness (QED) is 0.388. The van der Waals surface area contributed by atoms with Gasteiger partial charge in [0.25, 0.3) is 5.56 Å². The fraction of sp³-hybridized carbons (Fsp3) is 0.333. The monoisotopic (exact) mass is 448 g/mol. The molecule has 4 aromatic rings. The summed E-state index contributed by atoms with van der Waals surface area (Å²) in [7, 11) is 2.16. The number of anilines is 1. The maximum absolute atomic E-state index is 12.8. The summed E-state index contributed by atoms with van der Waals surface area (Å²) in [6, 6.07) is 12.2. The van der Waals surface area contributed by atoms with Crippen molar-refractivity contribution in [3.8, 4) is 17.2 Å². The van der Waals surface area contributed by atoms with Gasteiger partial charge in [-0.2, -0.15) is 5.10 Å². The van der Waals surface area contributed by atoms with Crippen molar-refractivity contribution in [3.63, 3.8) is 0 Å². The van der Waals surface area contributed by atoms with Gasteiger partial charge in [0.05, 0.1) is 17.8 Å². The number of hydrogen-bond acceptors (Lipinski definition) is 7. The number of pyridine rings is 1. The summed E-state index contributed by atoms with van der Waals surface area (Å²) in [6.07, 6.45) is 0.947. The molecule has 3 heterocycles. The predicted molar refractivity (Wildman–Crippen MR) is 129 cm³/mol. The number of nitrogens with two attached hydrogens (primary N) is 1. The van der Waals surface area contributed by atoms with Crippen molar-refractivity contribution in [2.24, 2.45) is 0 Å². The number of nitrogen functional groups attached to an aromatic ring is 1. The Morgan fingerprint density at radius 2 is 1.97 bits per heavy atom. The highest BCUT2D eigenvalue weighted by atomic mass is 16.5. The number of phenols is 1. The van der Waals surface area contributed by atoms with Crippen LogP contribution < -0.4 is 16.0 Å². The van der Waals surface area contributed by atoms with Gasteiger partial charge in [-0.1, -0.05) is 6.07 Å². The Kier molecular flexibility index (Phi) is 5.65. The molecule has 1 aliphatic heterocycles. The summed E-state index contributed by atoms with van der Waals surface area (Å²) < 4.78 is 7.43. The minimum absolute atomic E-state index is 0.0969. The molecule has 0 atom stereocenters. The second-order valence-corrected chi connectivity index (χ2v) is 8.55. The summed E-state index contributed by atoms with van der Waals surface area (Å²) >= 11 is 0. The molecule has 1 aliphatic rings. The van der Waals surface area contributed by atoms with Crippen molar-refractivity contribution in [1.82, 2.24) is 24.6 Å². The molecule has 0 saturated carbocycles. The number of nitrogens with one attached hydrogen (secondary N) is 1. The van der Waals surface area contributed by atoms with E-state index in [-0.39, 0.29) is 17.1 Å². The van der Waals surface area contributed by atoms with Crippen molar-refractivity contribution in [1.29, 1.82) is 0 Å². The summed E-state index contributed by atoms with van der Waals surface area (Å²) in [4.78, 5) is 20.5. The number of hydrogen-bond donors (Lipinski definition) is 3. The molecule has 1 saturated heterocycles. The molecule has 0 aliphatic carbocycles. The number of H-pyrrole nitrogens is 1. The number of aromatic nitrogens is 3. The zero-order valence-corrected chi connectivity index (χ0v) is 18.6. The average Bonchev–Trinajstić information content (AvgIpc) is 3.16. The molecule has 0 amide bonds. The van der Waals surface area contributed by atoms with E-state index in [4.69, 9.17) is 10.5 Å². The smallest absolute Gasteiger partial charge is 0.261 e. The van der Waals surface area contributed by atoms with Gasteiger partial charge in [0, 0.05) is 50.2 Å². The van der Waals surface area contributed by atoms with Crippen molar-refractivity contribution < 1.29 is 9.84 Å². The molecule has 0 spiro atoms. The first kappa shape index (κ1) is 21.3. The number of ether oxygens (including phenoxy) is 1. The average molecular weight is 449 g/mol. The number of piperazine rings is 1. The fourth-order valence-corrected chi connectivity index (χ4v) is 4.32. The van der Waals surface area contributed by atoms with Gasteiger partial charge in [-0.05, 0) is 37.7 Å². The fourth-order valence-electron chi connectivity index (χ4n) is 4.32. The van der Waals surface area contributed by atoms with Gasteiger partial charge in [0.15, 0.2) is 0 Å². The maximum Gasteiger partial charge on any atom is 0.261 e. The van der Waals surface area contributed by atoms with E-state index in [2.05, 4.69) is 26.9 Å². The number of benzene rings is 2. The first-order valence-corrected chi connectivity index (χ1v) is 11.2. The third kappa shape index (κ3) is 4.24. The number of aromatic amines is 1. The summed E-state index contributed by atoms with van der Waals surface area (Å²) in [5.74, 6) is 1.03. The number of likely N-dealkylation sites (N-methyl/N-ethyl adjacent to an activating group) is 1. The minimum atomic E-state index is -0.311. The third-order valence-electron chi connectivity index (χ3n) is 6.20. The molecule has 172 valence electrons. The summed E-state index contributed by atoms with van der Waals surface area (Å²) in [5.41, 5.74) is 7.68. The molecule has 5 rings (SSSR count). The van der Waals surface area contributed by atoms with Gasteiger partial charge in [-0.3, -0.25) is 4.79 Å². The van der Waals surface area contributed by atoms with Crippen molar-refractivity contribution in [2.75, 3.05) is 52.1 Å². The SMILES string of the molecule is CN1CCN(CCCOc2ccc3c(c2)[nH]c(=O)c2c(N)n(-c4cccc(O)c4)nc23)CC1. The summed E-state index contributed by atoms with van der Waals surface area (Å²) in [5, 5.41) is 15.5. The Balaban J connectivity index is 1.36. The minimum Gasteiger partial charge on any atom is -0.508 e. The van der Waals surface area contributed by atoms with Crippen LogP contribution in [0.5, 0.6) is 11.5 Å². The molecule has 2 aromatic carbocycles. The highest BCUT2D eigenvalue weighted by Gasteiger charge is 2.17. The van der Waals surface area contributed by atoms with Crippen LogP contribution in [0.2, 0.25) is 0 Å². The molecule has 9 heteroatoms. The molecule has 4 N–H and O–H groups in total. The van der Waals surface area contributed by atoms with E-state index in [9.17, 15) is 9.90 Å². The van der Waals surface area contributed by atoms with Crippen LogP contribution in [0.25, 0.3) is 27.5 Å². The van der Waals surface area contributed by atoms with Crippen LogP contribution in [0.4, 0.5) is 5.82 Å². The van der Waals surface area contributed by atoms with E-state index in [1.807, 2.05) is 18.2 Å². The second kappa shape index (κ2) is 8.76. The van der Waals surface area contributed by atoms with Gasteiger partial charge in [-0.15, -0.1) is 0 Å². The number of fused-ring (bicyclic) bond motifs is 3. The van der Waals surface area contributed by atoms with Gasteiger partial charge >= 0.3 is 0 Å². The van der Waals surface area contributed by atoms with E-state index in [0.717, 1.165) is 44.5 Å². The van der Waals surface area contributed by atoms with Crippen molar-refractivity contribution in [3.05, 3.63) is 52.8 Å².